The first-order chi connectivity index (χ1) is 13.4. The van der Waals surface area contributed by atoms with Crippen molar-refractivity contribution in [3.8, 4) is 0 Å². The van der Waals surface area contributed by atoms with Gasteiger partial charge in [-0.3, -0.25) is 9.69 Å². The molecule has 1 aliphatic heterocycles. The third-order valence-electron chi connectivity index (χ3n) is 5.69. The zero-order valence-corrected chi connectivity index (χ0v) is 16.7. The topological polar surface area (TPSA) is 82.6 Å². The predicted molar refractivity (Wildman–Crippen MR) is 107 cm³/mol. The van der Waals surface area contributed by atoms with Gasteiger partial charge in [0.15, 0.2) is 5.78 Å². The minimum absolute atomic E-state index is 0.0298. The Morgan fingerprint density at radius 3 is 2.46 bits per heavy atom. The van der Waals surface area contributed by atoms with Crippen LogP contribution >= 0.6 is 0 Å². The fourth-order valence-corrected chi connectivity index (χ4v) is 4.07. The second-order valence-electron chi connectivity index (χ2n) is 7.51. The van der Waals surface area contributed by atoms with Crippen LogP contribution in [0.15, 0.2) is 30.3 Å². The van der Waals surface area contributed by atoms with Crippen LogP contribution in [0.25, 0.3) is 0 Å². The number of ketones is 1. The number of carbonyl (C=O) groups excluding carboxylic acids is 2. The highest BCUT2D eigenvalue weighted by molar-refractivity contribution is 6.02. The lowest BCUT2D eigenvalue weighted by atomic mass is 9.87. The summed E-state index contributed by atoms with van der Waals surface area (Å²) in [5, 5.41) is 10.6. The summed E-state index contributed by atoms with van der Waals surface area (Å²) in [6.45, 7) is 5.37. The number of nitrogens with zero attached hydrogens (tertiary/aromatic N) is 1. The maximum absolute atomic E-state index is 12.8. The van der Waals surface area contributed by atoms with Gasteiger partial charge in [0.05, 0.1) is 31.0 Å². The predicted octanol–water partition coefficient (Wildman–Crippen LogP) is 3.05. The first kappa shape index (κ1) is 20.3. The second kappa shape index (κ2) is 8.71. The van der Waals surface area contributed by atoms with Crippen LogP contribution in [0.3, 0.4) is 0 Å². The Morgan fingerprint density at radius 2 is 1.86 bits per heavy atom. The fraction of sp³-hybridized carbons (Fsp3) is 0.455. The van der Waals surface area contributed by atoms with Crippen molar-refractivity contribution in [3.05, 3.63) is 58.4 Å². The first-order valence-corrected chi connectivity index (χ1v) is 9.68. The zero-order chi connectivity index (χ0) is 20.3. The molecule has 0 radical (unpaired) electrons. The highest BCUT2D eigenvalue weighted by atomic mass is 16.5. The number of H-pyrrole nitrogens is 1. The van der Waals surface area contributed by atoms with Crippen LogP contribution in [0, 0.1) is 19.8 Å². The van der Waals surface area contributed by atoms with E-state index in [0.717, 1.165) is 31.5 Å². The van der Waals surface area contributed by atoms with Crippen molar-refractivity contribution in [1.82, 2.24) is 9.88 Å². The number of likely N-dealkylation sites (tertiary alicyclic amines) is 1. The van der Waals surface area contributed by atoms with Crippen LogP contribution in [0.5, 0.6) is 0 Å². The second-order valence-corrected chi connectivity index (χ2v) is 7.51. The number of hydrogen-bond acceptors (Lipinski definition) is 5. The van der Waals surface area contributed by atoms with Crippen molar-refractivity contribution in [2.24, 2.45) is 5.92 Å². The van der Waals surface area contributed by atoms with E-state index in [1.165, 1.54) is 7.11 Å². The van der Waals surface area contributed by atoms with Crippen LogP contribution in [0.2, 0.25) is 0 Å². The Hall–Kier alpha value is -2.44. The maximum Gasteiger partial charge on any atom is 0.339 e. The third-order valence-corrected chi connectivity index (χ3v) is 5.69. The number of methoxy groups -OCH3 is 1. The van der Waals surface area contributed by atoms with E-state index < -0.39 is 12.1 Å². The van der Waals surface area contributed by atoms with E-state index in [9.17, 15) is 14.7 Å². The molecule has 1 aromatic heterocycles. The van der Waals surface area contributed by atoms with Gasteiger partial charge in [-0.1, -0.05) is 30.3 Å². The van der Waals surface area contributed by atoms with E-state index >= 15 is 0 Å². The van der Waals surface area contributed by atoms with Gasteiger partial charge in [0, 0.05) is 5.69 Å². The van der Waals surface area contributed by atoms with Crippen molar-refractivity contribution >= 4 is 11.8 Å². The van der Waals surface area contributed by atoms with E-state index in [0.29, 0.717) is 29.1 Å². The number of aromatic nitrogens is 1. The van der Waals surface area contributed by atoms with Gasteiger partial charge in [-0.15, -0.1) is 0 Å². The lowest BCUT2D eigenvalue weighted by Gasteiger charge is -2.34. The molecule has 0 spiro atoms. The summed E-state index contributed by atoms with van der Waals surface area (Å²) in [6, 6.07) is 9.73. The number of rotatable bonds is 6. The summed E-state index contributed by atoms with van der Waals surface area (Å²) in [7, 11) is 1.34. The molecule has 3 rings (SSSR count). The number of aromatic amines is 1. The molecular formula is C22H28N2O4. The lowest BCUT2D eigenvalue weighted by Crippen LogP contribution is -2.39. The molecule has 0 amide bonds. The van der Waals surface area contributed by atoms with Crippen molar-refractivity contribution in [2.45, 2.75) is 32.8 Å². The van der Waals surface area contributed by atoms with Crippen LogP contribution in [-0.4, -0.2) is 53.5 Å². The van der Waals surface area contributed by atoms with E-state index in [1.807, 2.05) is 30.3 Å². The van der Waals surface area contributed by atoms with E-state index in [-0.39, 0.29) is 11.7 Å². The van der Waals surface area contributed by atoms with Crippen molar-refractivity contribution in [3.63, 3.8) is 0 Å². The minimum atomic E-state index is -0.463. The zero-order valence-electron chi connectivity index (χ0n) is 16.7. The molecule has 2 heterocycles. The Labute approximate surface area is 165 Å². The van der Waals surface area contributed by atoms with E-state index in [4.69, 9.17) is 4.74 Å². The van der Waals surface area contributed by atoms with Crippen LogP contribution in [-0.2, 0) is 4.74 Å². The number of esters is 1. The number of hydrogen-bond donors (Lipinski definition) is 2. The number of aliphatic hydroxyl groups excluding tert-OH is 1. The minimum Gasteiger partial charge on any atom is -0.465 e. The number of carbonyl (C=O) groups is 2. The molecule has 6 heteroatoms. The average molecular weight is 384 g/mol. The molecule has 1 saturated heterocycles. The van der Waals surface area contributed by atoms with Gasteiger partial charge >= 0.3 is 5.97 Å². The van der Waals surface area contributed by atoms with Gasteiger partial charge < -0.3 is 14.8 Å². The van der Waals surface area contributed by atoms with Crippen molar-refractivity contribution in [2.75, 3.05) is 26.7 Å². The lowest BCUT2D eigenvalue weighted by molar-refractivity contribution is 0.0562. The van der Waals surface area contributed by atoms with Gasteiger partial charge in [0.2, 0.25) is 0 Å². The molecular weight excluding hydrogens is 356 g/mol. The smallest absolute Gasteiger partial charge is 0.339 e. The number of benzene rings is 1. The molecule has 150 valence electrons. The highest BCUT2D eigenvalue weighted by Crippen LogP contribution is 2.30. The first-order valence-electron chi connectivity index (χ1n) is 9.68. The summed E-state index contributed by atoms with van der Waals surface area (Å²) in [6.07, 6.45) is 1.23. The van der Waals surface area contributed by atoms with E-state index in [2.05, 4.69) is 9.88 Å². The summed E-state index contributed by atoms with van der Waals surface area (Å²) < 4.78 is 4.81. The Morgan fingerprint density at radius 1 is 1.21 bits per heavy atom. The van der Waals surface area contributed by atoms with Gasteiger partial charge in [0.1, 0.15) is 0 Å². The average Bonchev–Trinajstić information content (AvgIpc) is 3.02. The molecule has 0 aliphatic carbocycles. The summed E-state index contributed by atoms with van der Waals surface area (Å²) in [5.74, 6) is -0.257. The number of nitrogens with one attached hydrogen (secondary N) is 1. The monoisotopic (exact) mass is 384 g/mol. The Bertz CT molecular complexity index is 836. The quantitative estimate of drug-likeness (QED) is 0.591. The maximum atomic E-state index is 12.8. The van der Waals surface area contributed by atoms with Gasteiger partial charge in [-0.05, 0) is 56.8 Å². The fourth-order valence-electron chi connectivity index (χ4n) is 4.07. The summed E-state index contributed by atoms with van der Waals surface area (Å²) >= 11 is 0. The molecule has 2 N–H and O–H groups in total. The number of ether oxygens (including phenoxy) is 1. The Balaban J connectivity index is 1.59. The molecule has 6 nitrogen and oxygen atoms in total. The molecule has 1 unspecified atom stereocenters. The summed E-state index contributed by atoms with van der Waals surface area (Å²) in [5.41, 5.74) is 3.16. The normalized spacial score (nSPS) is 16.7. The SMILES string of the molecule is COC(=O)c1c(C)[nH]c(C(=O)CN2CCC(C(O)c3ccccc3)CC2)c1C. The van der Waals surface area contributed by atoms with Crippen LogP contribution in [0.1, 0.15) is 56.6 Å². The third kappa shape index (κ3) is 4.18. The number of aryl methyl sites for hydroxylation is 1. The number of aliphatic hydroxyl groups is 1. The molecule has 1 fully saturated rings. The highest BCUT2D eigenvalue weighted by Gasteiger charge is 2.28. The molecule has 0 saturated carbocycles. The number of Topliss-reactive ketones (excluding diaryl/α,β-unsaturated/α-hetero) is 1. The van der Waals surface area contributed by atoms with Crippen LogP contribution < -0.4 is 0 Å². The molecule has 28 heavy (non-hydrogen) atoms. The molecule has 1 aromatic carbocycles. The van der Waals surface area contributed by atoms with E-state index in [1.54, 1.807) is 13.8 Å². The molecule has 1 atom stereocenters. The van der Waals surface area contributed by atoms with Crippen molar-refractivity contribution < 1.29 is 19.4 Å². The standard InChI is InChI=1S/C22H28N2O4/c1-14-19(22(27)28-3)15(2)23-20(14)18(25)13-24-11-9-17(10-12-24)21(26)16-7-5-4-6-8-16/h4-8,17,21,23,26H,9-13H2,1-3H3. The van der Waals surface area contributed by atoms with Gasteiger partial charge in [-0.25, -0.2) is 4.79 Å². The largest absolute Gasteiger partial charge is 0.465 e. The molecule has 1 aliphatic rings. The van der Waals surface area contributed by atoms with Gasteiger partial charge in [-0.2, -0.15) is 0 Å². The number of piperidine rings is 1. The molecule has 0 bridgehead atoms. The summed E-state index contributed by atoms with van der Waals surface area (Å²) in [4.78, 5) is 29.8. The van der Waals surface area contributed by atoms with Gasteiger partial charge in [0.25, 0.3) is 0 Å². The Kier molecular flexibility index (Phi) is 6.31. The van der Waals surface area contributed by atoms with Crippen molar-refractivity contribution in [1.29, 1.82) is 0 Å². The molecule has 2 aromatic rings. The van der Waals surface area contributed by atoms with Crippen LogP contribution in [0.4, 0.5) is 0 Å².